The Labute approximate surface area is 69.8 Å². The fourth-order valence-corrected chi connectivity index (χ4v) is 1.56. The van der Waals surface area contributed by atoms with E-state index in [1.807, 2.05) is 6.07 Å². The van der Waals surface area contributed by atoms with E-state index in [0.717, 1.165) is 24.1 Å². The summed E-state index contributed by atoms with van der Waals surface area (Å²) in [6.07, 6.45) is 1.30. The normalized spacial score (nSPS) is 21.8. The molecule has 58 valence electrons. The molecule has 0 saturated carbocycles. The lowest BCUT2D eigenvalue weighted by Gasteiger charge is -2.01. The van der Waals surface area contributed by atoms with E-state index < -0.39 is 6.10 Å². The highest BCUT2D eigenvalue weighted by molar-refractivity contribution is 6.29. The van der Waals surface area contributed by atoms with Crippen LogP contribution in [0.4, 0.5) is 0 Å². The molecule has 0 radical (unpaired) electrons. The number of aliphatic hydroxyl groups excluding tert-OH is 1. The van der Waals surface area contributed by atoms with Gasteiger partial charge in [0.2, 0.25) is 0 Å². The van der Waals surface area contributed by atoms with Crippen LogP contribution in [-0.2, 0) is 6.42 Å². The molecule has 0 saturated heterocycles. The Hall–Kier alpha value is -0.600. The second-order valence-electron chi connectivity index (χ2n) is 2.73. The summed E-state index contributed by atoms with van der Waals surface area (Å²) in [6, 6.07) is 3.69. The summed E-state index contributed by atoms with van der Waals surface area (Å²) in [5, 5.41) is 9.85. The van der Waals surface area contributed by atoms with Crippen LogP contribution < -0.4 is 0 Å². The summed E-state index contributed by atoms with van der Waals surface area (Å²) in [7, 11) is 0. The third-order valence-electron chi connectivity index (χ3n) is 1.98. The zero-order valence-corrected chi connectivity index (χ0v) is 6.67. The van der Waals surface area contributed by atoms with Crippen molar-refractivity contribution in [2.75, 3.05) is 0 Å². The van der Waals surface area contributed by atoms with Crippen LogP contribution in [-0.4, -0.2) is 10.1 Å². The van der Waals surface area contributed by atoms with Crippen molar-refractivity contribution in [3.63, 3.8) is 0 Å². The van der Waals surface area contributed by atoms with Gasteiger partial charge >= 0.3 is 0 Å². The van der Waals surface area contributed by atoms with Gasteiger partial charge in [-0.15, -0.1) is 0 Å². The smallest absolute Gasteiger partial charge is 0.129 e. The second kappa shape index (κ2) is 2.47. The third-order valence-corrected chi connectivity index (χ3v) is 2.19. The van der Waals surface area contributed by atoms with E-state index in [2.05, 4.69) is 4.98 Å². The van der Waals surface area contributed by atoms with E-state index in [4.69, 9.17) is 11.6 Å². The molecule has 0 fully saturated rings. The molecule has 0 bridgehead atoms. The molecule has 1 aliphatic rings. The number of pyridine rings is 1. The van der Waals surface area contributed by atoms with Crippen molar-refractivity contribution in [3.05, 3.63) is 28.5 Å². The molecular weight excluding hydrogens is 162 g/mol. The van der Waals surface area contributed by atoms with E-state index in [9.17, 15) is 5.11 Å². The molecule has 11 heavy (non-hydrogen) atoms. The van der Waals surface area contributed by atoms with Crippen LogP contribution in [0.5, 0.6) is 0 Å². The van der Waals surface area contributed by atoms with Crippen molar-refractivity contribution in [1.82, 2.24) is 4.98 Å². The number of nitrogens with zero attached hydrogens (tertiary/aromatic N) is 1. The van der Waals surface area contributed by atoms with Crippen molar-refractivity contribution in [2.24, 2.45) is 0 Å². The van der Waals surface area contributed by atoms with E-state index in [0.29, 0.717) is 5.15 Å². The largest absolute Gasteiger partial charge is 0.387 e. The summed E-state index contributed by atoms with van der Waals surface area (Å²) in [6.45, 7) is 0. The van der Waals surface area contributed by atoms with E-state index in [1.165, 1.54) is 0 Å². The number of hydrogen-bond acceptors (Lipinski definition) is 2. The molecule has 1 aromatic rings. The van der Waals surface area contributed by atoms with Gasteiger partial charge in [-0.25, -0.2) is 4.98 Å². The van der Waals surface area contributed by atoms with E-state index >= 15 is 0 Å². The van der Waals surface area contributed by atoms with Gasteiger partial charge < -0.3 is 5.11 Å². The maximum absolute atomic E-state index is 9.38. The van der Waals surface area contributed by atoms with Crippen molar-refractivity contribution in [3.8, 4) is 0 Å². The number of hydrogen-bond donors (Lipinski definition) is 1. The highest BCUT2D eigenvalue weighted by atomic mass is 35.5. The predicted octanol–water partition coefficient (Wildman–Crippen LogP) is 1.71. The summed E-state index contributed by atoms with van der Waals surface area (Å²) >= 11 is 5.67. The van der Waals surface area contributed by atoms with E-state index in [1.54, 1.807) is 6.07 Å². The minimum absolute atomic E-state index is 0.399. The first-order valence-corrected chi connectivity index (χ1v) is 3.98. The monoisotopic (exact) mass is 169 g/mol. The lowest BCUT2D eigenvalue weighted by molar-refractivity contribution is 0.176. The maximum atomic E-state index is 9.38. The first kappa shape index (κ1) is 7.07. The van der Waals surface area contributed by atoms with Gasteiger partial charge in [-0.3, -0.25) is 0 Å². The molecule has 1 unspecified atom stereocenters. The van der Waals surface area contributed by atoms with Gasteiger partial charge in [-0.2, -0.15) is 0 Å². The van der Waals surface area contributed by atoms with E-state index in [-0.39, 0.29) is 0 Å². The van der Waals surface area contributed by atoms with Crippen molar-refractivity contribution in [2.45, 2.75) is 18.9 Å². The van der Waals surface area contributed by atoms with Crippen LogP contribution in [0.15, 0.2) is 12.1 Å². The van der Waals surface area contributed by atoms with Gasteiger partial charge in [0.15, 0.2) is 0 Å². The molecule has 1 aliphatic carbocycles. The first-order chi connectivity index (χ1) is 5.27. The van der Waals surface area contributed by atoms with Gasteiger partial charge in [0.05, 0.1) is 11.8 Å². The highest BCUT2D eigenvalue weighted by Gasteiger charge is 2.21. The van der Waals surface area contributed by atoms with Crippen LogP contribution in [0.3, 0.4) is 0 Å². The number of fused-ring (bicyclic) bond motifs is 1. The van der Waals surface area contributed by atoms with Gasteiger partial charge in [0.25, 0.3) is 0 Å². The zero-order chi connectivity index (χ0) is 7.84. The standard InChI is InChI=1S/C8H8ClNO/c9-7-4-2-5-1-3-6(11)8(5)10-7/h2,4,6,11H,1,3H2. The van der Waals surface area contributed by atoms with Crippen LogP contribution in [0.25, 0.3) is 0 Å². The van der Waals surface area contributed by atoms with Crippen molar-refractivity contribution < 1.29 is 5.11 Å². The number of rotatable bonds is 0. The first-order valence-electron chi connectivity index (χ1n) is 3.61. The maximum Gasteiger partial charge on any atom is 0.129 e. The van der Waals surface area contributed by atoms with Crippen LogP contribution in [0, 0.1) is 0 Å². The van der Waals surface area contributed by atoms with Gasteiger partial charge in [-0.1, -0.05) is 17.7 Å². The highest BCUT2D eigenvalue weighted by Crippen LogP contribution is 2.29. The van der Waals surface area contributed by atoms with Crippen molar-refractivity contribution >= 4 is 11.6 Å². The van der Waals surface area contributed by atoms with Crippen LogP contribution in [0.2, 0.25) is 5.15 Å². The minimum atomic E-state index is -0.399. The Morgan fingerprint density at radius 2 is 2.36 bits per heavy atom. The summed E-state index contributed by atoms with van der Waals surface area (Å²) in [5.41, 5.74) is 1.89. The molecular formula is C8H8ClNO. The molecule has 0 aliphatic heterocycles. The summed E-state index contributed by atoms with van der Waals surface area (Å²) in [4.78, 5) is 4.05. The Balaban J connectivity index is 2.52. The second-order valence-corrected chi connectivity index (χ2v) is 3.12. The molecule has 0 spiro atoms. The molecule has 1 heterocycles. The summed E-state index contributed by atoms with van der Waals surface area (Å²) in [5.74, 6) is 0. The number of halogens is 1. The Bertz CT molecular complexity index is 287. The topological polar surface area (TPSA) is 33.1 Å². The lowest BCUT2D eigenvalue weighted by atomic mass is 10.2. The lowest BCUT2D eigenvalue weighted by Crippen LogP contribution is -1.94. The minimum Gasteiger partial charge on any atom is -0.387 e. The fourth-order valence-electron chi connectivity index (χ4n) is 1.41. The predicted molar refractivity (Wildman–Crippen MR) is 42.5 cm³/mol. The molecule has 1 atom stereocenters. The molecule has 3 heteroatoms. The van der Waals surface area contributed by atoms with Gasteiger partial charge in [0.1, 0.15) is 5.15 Å². The zero-order valence-electron chi connectivity index (χ0n) is 5.92. The number of aryl methyl sites for hydroxylation is 1. The molecule has 1 N–H and O–H groups in total. The molecule has 1 aromatic heterocycles. The average molecular weight is 170 g/mol. The SMILES string of the molecule is OC1CCc2ccc(Cl)nc21. The van der Waals surface area contributed by atoms with Crippen molar-refractivity contribution in [1.29, 1.82) is 0 Å². The number of aromatic nitrogens is 1. The molecule has 0 aromatic carbocycles. The Morgan fingerprint density at radius 3 is 3.18 bits per heavy atom. The molecule has 2 rings (SSSR count). The molecule has 0 amide bonds. The van der Waals surface area contributed by atoms with Gasteiger partial charge in [0, 0.05) is 0 Å². The fraction of sp³-hybridized carbons (Fsp3) is 0.375. The third kappa shape index (κ3) is 1.12. The Morgan fingerprint density at radius 1 is 1.55 bits per heavy atom. The summed E-state index contributed by atoms with van der Waals surface area (Å²) < 4.78 is 0. The van der Waals surface area contributed by atoms with Crippen LogP contribution in [0.1, 0.15) is 23.8 Å². The number of aliphatic hydroxyl groups is 1. The quantitative estimate of drug-likeness (QED) is 0.600. The molecule has 2 nitrogen and oxygen atoms in total. The Kier molecular flexibility index (Phi) is 1.59. The average Bonchev–Trinajstić information content (AvgIpc) is 2.33. The van der Waals surface area contributed by atoms with Gasteiger partial charge in [-0.05, 0) is 24.5 Å². The van der Waals surface area contributed by atoms with Crippen LogP contribution >= 0.6 is 11.6 Å².